The third kappa shape index (κ3) is 3.21. The van der Waals surface area contributed by atoms with E-state index < -0.39 is 0 Å². The molecule has 2 rings (SSSR count). The van der Waals surface area contributed by atoms with E-state index in [1.807, 2.05) is 0 Å². The molecule has 1 aromatic rings. The Morgan fingerprint density at radius 1 is 1.30 bits per heavy atom. The quantitative estimate of drug-likeness (QED) is 0.810. The summed E-state index contributed by atoms with van der Waals surface area (Å²) in [4.78, 5) is 11.8. The first kappa shape index (κ1) is 14.6. The fourth-order valence-electron chi connectivity index (χ4n) is 2.33. The van der Waals surface area contributed by atoms with Crippen molar-refractivity contribution in [2.75, 3.05) is 6.54 Å². The van der Waals surface area contributed by atoms with Crippen LogP contribution in [0.2, 0.25) is 0 Å². The molecule has 2 amide bonds. The number of hydrogen-bond donors (Lipinski definition) is 2. The summed E-state index contributed by atoms with van der Waals surface area (Å²) in [6, 6.07) is 8.49. The first-order chi connectivity index (χ1) is 9.37. The van der Waals surface area contributed by atoms with Crippen molar-refractivity contribution in [3.8, 4) is 0 Å². The van der Waals surface area contributed by atoms with Crippen molar-refractivity contribution in [2.24, 2.45) is 0 Å². The van der Waals surface area contributed by atoms with Crippen LogP contribution in [0.15, 0.2) is 36.9 Å². The topological polar surface area (TPSA) is 41.1 Å². The molecule has 0 spiro atoms. The van der Waals surface area contributed by atoms with Crippen LogP contribution in [-0.4, -0.2) is 12.6 Å². The van der Waals surface area contributed by atoms with E-state index in [1.165, 1.54) is 11.1 Å². The van der Waals surface area contributed by atoms with E-state index in [0.29, 0.717) is 6.54 Å². The van der Waals surface area contributed by atoms with Crippen molar-refractivity contribution < 1.29 is 4.79 Å². The van der Waals surface area contributed by atoms with Gasteiger partial charge in [-0.1, -0.05) is 51.1 Å². The minimum absolute atomic E-state index is 0.123. The molecule has 108 valence electrons. The van der Waals surface area contributed by atoms with Crippen LogP contribution in [0.1, 0.15) is 44.7 Å². The molecule has 3 nitrogen and oxygen atoms in total. The second-order valence-electron chi connectivity index (χ2n) is 6.53. The summed E-state index contributed by atoms with van der Waals surface area (Å²) in [5, 5.41) is 5.84. The van der Waals surface area contributed by atoms with Gasteiger partial charge in [-0.25, -0.2) is 4.79 Å². The highest BCUT2D eigenvalue weighted by atomic mass is 16.2. The van der Waals surface area contributed by atoms with E-state index in [-0.39, 0.29) is 17.0 Å². The predicted molar refractivity (Wildman–Crippen MR) is 82.8 cm³/mol. The molecule has 0 heterocycles. The summed E-state index contributed by atoms with van der Waals surface area (Å²) < 4.78 is 0. The molecule has 0 saturated heterocycles. The molecule has 1 aliphatic rings. The smallest absolute Gasteiger partial charge is 0.315 e. The van der Waals surface area contributed by atoms with Gasteiger partial charge in [-0.05, 0) is 29.4 Å². The zero-order valence-corrected chi connectivity index (χ0v) is 12.6. The average Bonchev–Trinajstić information content (AvgIpc) is 3.16. The lowest BCUT2D eigenvalue weighted by molar-refractivity contribution is 0.237. The Labute approximate surface area is 121 Å². The van der Waals surface area contributed by atoms with Gasteiger partial charge in [-0.3, -0.25) is 0 Å². The van der Waals surface area contributed by atoms with E-state index in [1.54, 1.807) is 6.08 Å². The first-order valence-electron chi connectivity index (χ1n) is 7.15. The highest BCUT2D eigenvalue weighted by molar-refractivity contribution is 5.75. The zero-order chi connectivity index (χ0) is 14.8. The third-order valence-electron chi connectivity index (χ3n) is 3.81. The normalized spacial score (nSPS) is 16.4. The summed E-state index contributed by atoms with van der Waals surface area (Å²) in [5.41, 5.74) is 2.50. The van der Waals surface area contributed by atoms with Gasteiger partial charge in [0.15, 0.2) is 0 Å². The van der Waals surface area contributed by atoms with Crippen LogP contribution in [0.25, 0.3) is 0 Å². The molecule has 20 heavy (non-hydrogen) atoms. The van der Waals surface area contributed by atoms with Crippen LogP contribution in [0.5, 0.6) is 0 Å². The lowest BCUT2D eigenvalue weighted by Crippen LogP contribution is -2.42. The van der Waals surface area contributed by atoms with Crippen molar-refractivity contribution >= 4 is 6.03 Å². The molecular weight excluding hydrogens is 248 g/mol. The molecule has 0 radical (unpaired) electrons. The number of carbonyl (C=O) groups is 1. The van der Waals surface area contributed by atoms with Crippen LogP contribution in [0.3, 0.4) is 0 Å². The Hall–Kier alpha value is -1.77. The van der Waals surface area contributed by atoms with Gasteiger partial charge in [0.2, 0.25) is 0 Å². The SMILES string of the molecule is C=CCNC(=O)NC1(c2ccc(C(C)(C)C)cc2)CC1. The van der Waals surface area contributed by atoms with Crippen LogP contribution in [0.4, 0.5) is 4.79 Å². The standard InChI is InChI=1S/C17H24N2O/c1-5-12-18-15(20)19-17(10-11-17)14-8-6-13(7-9-14)16(2,3)4/h5-9H,1,10-12H2,2-4H3,(H2,18,19,20). The van der Waals surface area contributed by atoms with Crippen LogP contribution in [0, 0.1) is 0 Å². The number of rotatable bonds is 4. The van der Waals surface area contributed by atoms with Crippen LogP contribution >= 0.6 is 0 Å². The molecule has 0 unspecified atom stereocenters. The number of benzene rings is 1. The lowest BCUT2D eigenvalue weighted by atomic mass is 9.86. The molecule has 1 fully saturated rings. The van der Waals surface area contributed by atoms with Crippen molar-refractivity contribution in [2.45, 2.75) is 44.6 Å². The summed E-state index contributed by atoms with van der Waals surface area (Å²) in [7, 11) is 0. The molecular formula is C17H24N2O. The van der Waals surface area contributed by atoms with E-state index in [9.17, 15) is 4.79 Å². The van der Waals surface area contributed by atoms with Gasteiger partial charge in [0.1, 0.15) is 0 Å². The molecule has 3 heteroatoms. The number of urea groups is 1. The van der Waals surface area contributed by atoms with Crippen LogP contribution in [-0.2, 0) is 11.0 Å². The maximum Gasteiger partial charge on any atom is 0.315 e. The Morgan fingerprint density at radius 2 is 1.90 bits per heavy atom. The maximum absolute atomic E-state index is 11.8. The van der Waals surface area contributed by atoms with Gasteiger partial charge < -0.3 is 10.6 Å². The summed E-state index contributed by atoms with van der Waals surface area (Å²) in [5.74, 6) is 0. The Bertz CT molecular complexity index is 493. The highest BCUT2D eigenvalue weighted by Gasteiger charge is 2.45. The van der Waals surface area contributed by atoms with Crippen molar-refractivity contribution in [1.82, 2.24) is 10.6 Å². The third-order valence-corrected chi connectivity index (χ3v) is 3.81. The Kier molecular flexibility index (Phi) is 3.89. The van der Waals surface area contributed by atoms with E-state index >= 15 is 0 Å². The Morgan fingerprint density at radius 3 is 2.35 bits per heavy atom. The van der Waals surface area contributed by atoms with Crippen molar-refractivity contribution in [3.05, 3.63) is 48.0 Å². The fraction of sp³-hybridized carbons (Fsp3) is 0.471. The van der Waals surface area contributed by atoms with Crippen molar-refractivity contribution in [1.29, 1.82) is 0 Å². The second-order valence-corrected chi connectivity index (χ2v) is 6.53. The highest BCUT2D eigenvalue weighted by Crippen LogP contribution is 2.45. The molecule has 0 aromatic heterocycles. The molecule has 0 bridgehead atoms. The largest absolute Gasteiger partial charge is 0.335 e. The predicted octanol–water partition coefficient (Wildman–Crippen LogP) is 3.46. The van der Waals surface area contributed by atoms with Gasteiger partial charge in [0.05, 0.1) is 5.54 Å². The number of carbonyl (C=O) groups excluding carboxylic acids is 1. The maximum atomic E-state index is 11.8. The summed E-state index contributed by atoms with van der Waals surface area (Å²) >= 11 is 0. The summed E-state index contributed by atoms with van der Waals surface area (Å²) in [6.45, 7) is 10.7. The van der Waals surface area contributed by atoms with Gasteiger partial charge in [-0.2, -0.15) is 0 Å². The molecule has 0 atom stereocenters. The first-order valence-corrected chi connectivity index (χ1v) is 7.15. The van der Waals surface area contributed by atoms with E-state index in [4.69, 9.17) is 0 Å². The van der Waals surface area contributed by atoms with Gasteiger partial charge >= 0.3 is 6.03 Å². The van der Waals surface area contributed by atoms with Gasteiger partial charge in [0, 0.05) is 6.54 Å². The minimum atomic E-state index is -0.165. The van der Waals surface area contributed by atoms with Crippen LogP contribution < -0.4 is 10.6 Å². The second kappa shape index (κ2) is 5.31. The van der Waals surface area contributed by atoms with Gasteiger partial charge in [0.25, 0.3) is 0 Å². The van der Waals surface area contributed by atoms with E-state index in [0.717, 1.165) is 12.8 Å². The molecule has 2 N–H and O–H groups in total. The molecule has 1 aliphatic carbocycles. The van der Waals surface area contributed by atoms with Gasteiger partial charge in [-0.15, -0.1) is 6.58 Å². The number of hydrogen-bond acceptors (Lipinski definition) is 1. The van der Waals surface area contributed by atoms with Crippen molar-refractivity contribution in [3.63, 3.8) is 0 Å². The molecule has 1 aromatic carbocycles. The molecule has 0 aliphatic heterocycles. The monoisotopic (exact) mass is 272 g/mol. The fourth-order valence-corrected chi connectivity index (χ4v) is 2.33. The van der Waals surface area contributed by atoms with E-state index in [2.05, 4.69) is 62.2 Å². The lowest BCUT2D eigenvalue weighted by Gasteiger charge is -2.22. The minimum Gasteiger partial charge on any atom is -0.335 e. The number of nitrogens with one attached hydrogen (secondary N) is 2. The zero-order valence-electron chi connectivity index (χ0n) is 12.6. The Balaban J connectivity index is 2.07. The summed E-state index contributed by atoms with van der Waals surface area (Å²) in [6.07, 6.45) is 3.68. The number of amides is 2. The average molecular weight is 272 g/mol. The molecule has 1 saturated carbocycles.